The van der Waals surface area contributed by atoms with Crippen molar-refractivity contribution >= 4 is 23.2 Å². The van der Waals surface area contributed by atoms with E-state index in [2.05, 4.69) is 10.3 Å². The van der Waals surface area contributed by atoms with Crippen molar-refractivity contribution in [3.63, 3.8) is 0 Å². The van der Waals surface area contributed by atoms with E-state index >= 15 is 0 Å². The van der Waals surface area contributed by atoms with E-state index in [4.69, 9.17) is 11.6 Å². The van der Waals surface area contributed by atoms with Crippen LogP contribution in [0.4, 0.5) is 23.2 Å². The summed E-state index contributed by atoms with van der Waals surface area (Å²) in [6, 6.07) is 5.05. The number of halogens is 5. The van der Waals surface area contributed by atoms with E-state index in [0.717, 1.165) is 18.3 Å². The highest BCUT2D eigenvalue weighted by atomic mass is 35.5. The number of carbonyl (C=O) groups is 1. The first-order chi connectivity index (χ1) is 9.77. The molecule has 3 nitrogen and oxygen atoms in total. The first kappa shape index (κ1) is 15.2. The largest absolute Gasteiger partial charge is 0.417 e. The molecule has 0 radical (unpaired) electrons. The predicted octanol–water partition coefficient (Wildman–Crippen LogP) is 4.15. The lowest BCUT2D eigenvalue weighted by atomic mass is 10.2. The van der Waals surface area contributed by atoms with Gasteiger partial charge in [-0.15, -0.1) is 0 Å². The third kappa shape index (κ3) is 3.69. The minimum atomic E-state index is -4.64. The zero-order valence-corrected chi connectivity index (χ0v) is 11.0. The zero-order chi connectivity index (χ0) is 15.6. The lowest BCUT2D eigenvalue weighted by Crippen LogP contribution is -2.14. The third-order valence-corrected chi connectivity index (χ3v) is 2.85. The Morgan fingerprint density at radius 1 is 1.19 bits per heavy atom. The Labute approximate surface area is 121 Å². The number of anilines is 1. The fourth-order valence-corrected chi connectivity index (χ4v) is 1.79. The van der Waals surface area contributed by atoms with Gasteiger partial charge < -0.3 is 5.32 Å². The van der Waals surface area contributed by atoms with Crippen LogP contribution >= 0.6 is 11.6 Å². The van der Waals surface area contributed by atoms with Crippen molar-refractivity contribution in [1.29, 1.82) is 0 Å². The van der Waals surface area contributed by atoms with Gasteiger partial charge in [-0.25, -0.2) is 4.98 Å². The van der Waals surface area contributed by atoms with Crippen molar-refractivity contribution in [2.75, 3.05) is 5.32 Å². The maximum atomic E-state index is 12.9. The van der Waals surface area contributed by atoms with Crippen LogP contribution in [-0.2, 0) is 6.18 Å². The standard InChI is InChI=1S/C13H7ClF4N2O/c14-10-2-1-8(6-9(10)13(16,17)18)20-12(21)7-3-4-19-11(15)5-7/h1-6H,(H,20,21). The molecule has 0 unspecified atom stereocenters. The minimum absolute atomic E-state index is 0.0639. The monoisotopic (exact) mass is 318 g/mol. The Kier molecular flexibility index (Phi) is 4.13. The number of nitrogens with zero attached hydrogens (tertiary/aromatic N) is 1. The van der Waals surface area contributed by atoms with Crippen molar-refractivity contribution in [2.24, 2.45) is 0 Å². The molecule has 110 valence electrons. The molecule has 1 aromatic heterocycles. The number of alkyl halides is 3. The molecule has 21 heavy (non-hydrogen) atoms. The van der Waals surface area contributed by atoms with E-state index in [0.29, 0.717) is 6.07 Å². The molecule has 0 aliphatic rings. The average Bonchev–Trinajstić information content (AvgIpc) is 2.39. The number of amides is 1. The smallest absolute Gasteiger partial charge is 0.322 e. The Hall–Kier alpha value is -2.15. The molecule has 1 heterocycles. The Balaban J connectivity index is 2.26. The normalized spacial score (nSPS) is 11.3. The van der Waals surface area contributed by atoms with Crippen molar-refractivity contribution < 1.29 is 22.4 Å². The van der Waals surface area contributed by atoms with Crippen LogP contribution in [0.1, 0.15) is 15.9 Å². The lowest BCUT2D eigenvalue weighted by molar-refractivity contribution is -0.137. The van der Waals surface area contributed by atoms with Crippen LogP contribution in [0.5, 0.6) is 0 Å². The molecule has 0 fully saturated rings. The molecule has 0 aliphatic heterocycles. The summed E-state index contributed by atoms with van der Waals surface area (Å²) >= 11 is 5.46. The molecule has 0 aliphatic carbocycles. The number of pyridine rings is 1. The zero-order valence-electron chi connectivity index (χ0n) is 10.2. The number of hydrogen-bond donors (Lipinski definition) is 1. The Morgan fingerprint density at radius 2 is 1.90 bits per heavy atom. The topological polar surface area (TPSA) is 42.0 Å². The maximum absolute atomic E-state index is 12.9. The van der Waals surface area contributed by atoms with Gasteiger partial charge in [-0.2, -0.15) is 17.6 Å². The van der Waals surface area contributed by atoms with Crippen LogP contribution in [0.15, 0.2) is 36.5 Å². The summed E-state index contributed by atoms with van der Waals surface area (Å²) < 4.78 is 50.9. The highest BCUT2D eigenvalue weighted by Gasteiger charge is 2.33. The number of carbonyl (C=O) groups excluding carboxylic acids is 1. The van der Waals surface area contributed by atoms with Gasteiger partial charge >= 0.3 is 6.18 Å². The quantitative estimate of drug-likeness (QED) is 0.668. The Bertz CT molecular complexity index is 688. The minimum Gasteiger partial charge on any atom is -0.322 e. The molecule has 1 aromatic carbocycles. The molecule has 0 saturated carbocycles. The molecular formula is C13H7ClF4N2O. The molecule has 0 saturated heterocycles. The van der Waals surface area contributed by atoms with Gasteiger partial charge in [0.25, 0.3) is 5.91 Å². The van der Waals surface area contributed by atoms with E-state index in [1.54, 1.807) is 0 Å². The first-order valence-electron chi connectivity index (χ1n) is 5.57. The molecule has 0 spiro atoms. The highest BCUT2D eigenvalue weighted by molar-refractivity contribution is 6.31. The molecule has 2 aromatic rings. The number of rotatable bonds is 2. The second-order valence-electron chi connectivity index (χ2n) is 4.01. The first-order valence-corrected chi connectivity index (χ1v) is 5.95. The number of hydrogen-bond acceptors (Lipinski definition) is 2. The third-order valence-electron chi connectivity index (χ3n) is 2.52. The van der Waals surface area contributed by atoms with Gasteiger partial charge in [0.05, 0.1) is 10.6 Å². The van der Waals surface area contributed by atoms with E-state index in [-0.39, 0.29) is 11.3 Å². The molecule has 1 N–H and O–H groups in total. The lowest BCUT2D eigenvalue weighted by Gasteiger charge is -2.11. The van der Waals surface area contributed by atoms with Crippen molar-refractivity contribution in [3.8, 4) is 0 Å². The van der Waals surface area contributed by atoms with Crippen molar-refractivity contribution in [1.82, 2.24) is 4.98 Å². The predicted molar refractivity (Wildman–Crippen MR) is 68.6 cm³/mol. The maximum Gasteiger partial charge on any atom is 0.417 e. The van der Waals surface area contributed by atoms with E-state index in [1.165, 1.54) is 12.1 Å². The van der Waals surface area contributed by atoms with Crippen molar-refractivity contribution in [3.05, 3.63) is 58.6 Å². The van der Waals surface area contributed by atoms with Crippen LogP contribution in [0, 0.1) is 5.95 Å². The molecular weight excluding hydrogens is 312 g/mol. The summed E-state index contributed by atoms with van der Waals surface area (Å²) in [4.78, 5) is 15.1. The summed E-state index contributed by atoms with van der Waals surface area (Å²) in [6.07, 6.45) is -3.56. The summed E-state index contributed by atoms with van der Waals surface area (Å²) in [5, 5.41) is 1.76. The van der Waals surface area contributed by atoms with Gasteiger partial charge in [0.15, 0.2) is 0 Å². The molecule has 0 bridgehead atoms. The van der Waals surface area contributed by atoms with Crippen LogP contribution in [0.2, 0.25) is 5.02 Å². The summed E-state index contributed by atoms with van der Waals surface area (Å²) in [5.41, 5.74) is -1.23. The van der Waals surface area contributed by atoms with Gasteiger partial charge in [-0.3, -0.25) is 4.79 Å². The average molecular weight is 319 g/mol. The molecule has 2 rings (SSSR count). The fraction of sp³-hybridized carbons (Fsp3) is 0.0769. The van der Waals surface area contributed by atoms with Crippen LogP contribution in [0.25, 0.3) is 0 Å². The van der Waals surface area contributed by atoms with Gasteiger partial charge in [-0.05, 0) is 24.3 Å². The van der Waals surface area contributed by atoms with Gasteiger partial charge in [0, 0.05) is 23.5 Å². The Morgan fingerprint density at radius 3 is 2.52 bits per heavy atom. The van der Waals surface area contributed by atoms with Gasteiger partial charge in [0.2, 0.25) is 5.95 Å². The number of benzene rings is 1. The van der Waals surface area contributed by atoms with E-state index in [9.17, 15) is 22.4 Å². The number of aromatic nitrogens is 1. The second kappa shape index (κ2) is 5.69. The van der Waals surface area contributed by atoms with Gasteiger partial charge in [0.1, 0.15) is 0 Å². The van der Waals surface area contributed by atoms with E-state index in [1.807, 2.05) is 0 Å². The van der Waals surface area contributed by atoms with E-state index < -0.39 is 28.6 Å². The SMILES string of the molecule is O=C(Nc1ccc(Cl)c(C(F)(F)F)c1)c1ccnc(F)c1. The molecule has 0 atom stereocenters. The highest BCUT2D eigenvalue weighted by Crippen LogP contribution is 2.36. The second-order valence-corrected chi connectivity index (χ2v) is 4.42. The number of nitrogens with one attached hydrogen (secondary N) is 1. The summed E-state index contributed by atoms with van der Waals surface area (Å²) in [7, 11) is 0. The molecule has 1 amide bonds. The summed E-state index contributed by atoms with van der Waals surface area (Å²) in [6.45, 7) is 0. The summed E-state index contributed by atoms with van der Waals surface area (Å²) in [5.74, 6) is -1.62. The molecule has 8 heteroatoms. The fourth-order valence-electron chi connectivity index (χ4n) is 1.57. The van der Waals surface area contributed by atoms with Gasteiger partial charge in [-0.1, -0.05) is 11.6 Å². The van der Waals surface area contributed by atoms with Crippen LogP contribution in [0.3, 0.4) is 0 Å². The van der Waals surface area contributed by atoms with Crippen LogP contribution < -0.4 is 5.32 Å². The van der Waals surface area contributed by atoms with Crippen molar-refractivity contribution in [2.45, 2.75) is 6.18 Å². The van der Waals surface area contributed by atoms with Crippen LogP contribution in [-0.4, -0.2) is 10.9 Å².